The summed E-state index contributed by atoms with van der Waals surface area (Å²) >= 11 is 5.80. The summed E-state index contributed by atoms with van der Waals surface area (Å²) in [6.07, 6.45) is 2.78. The molecule has 2 aromatic carbocycles. The van der Waals surface area contributed by atoms with Gasteiger partial charge in [0, 0.05) is 23.9 Å². The number of aromatic nitrogens is 1. The minimum atomic E-state index is -3.95. The number of nitrogens with one attached hydrogen (secondary N) is 1. The number of hydrogen-bond donors (Lipinski definition) is 1. The Balaban J connectivity index is 1.78. The highest BCUT2D eigenvalue weighted by atomic mass is 35.5. The van der Waals surface area contributed by atoms with Crippen LogP contribution in [0.2, 0.25) is 5.02 Å². The SMILES string of the molecule is CC(=O)c1ccc(S(=O)(=O)Nc2ccc(Oc3cncc(Cl)c3)c(F)c2)cc1. The first-order chi connectivity index (χ1) is 13.2. The van der Waals surface area contributed by atoms with Crippen molar-refractivity contribution < 1.29 is 22.3 Å². The third-order valence-electron chi connectivity index (χ3n) is 3.66. The van der Waals surface area contributed by atoms with Crippen LogP contribution in [0.5, 0.6) is 11.5 Å². The van der Waals surface area contributed by atoms with Gasteiger partial charge in [0.2, 0.25) is 0 Å². The van der Waals surface area contributed by atoms with Crippen LogP contribution in [0.15, 0.2) is 65.8 Å². The van der Waals surface area contributed by atoms with Crippen molar-refractivity contribution in [2.75, 3.05) is 4.72 Å². The van der Waals surface area contributed by atoms with Crippen molar-refractivity contribution in [2.24, 2.45) is 0 Å². The number of ketones is 1. The van der Waals surface area contributed by atoms with Gasteiger partial charge < -0.3 is 4.74 Å². The van der Waals surface area contributed by atoms with Crippen molar-refractivity contribution in [2.45, 2.75) is 11.8 Å². The largest absolute Gasteiger partial charge is 0.453 e. The van der Waals surface area contributed by atoms with Crippen molar-refractivity contribution in [1.29, 1.82) is 0 Å². The fourth-order valence-electron chi connectivity index (χ4n) is 2.31. The molecule has 0 unspecified atom stereocenters. The lowest BCUT2D eigenvalue weighted by Crippen LogP contribution is -2.13. The van der Waals surface area contributed by atoms with Crippen LogP contribution in [0.1, 0.15) is 17.3 Å². The molecule has 0 bridgehead atoms. The predicted molar refractivity (Wildman–Crippen MR) is 103 cm³/mol. The van der Waals surface area contributed by atoms with E-state index in [2.05, 4.69) is 9.71 Å². The van der Waals surface area contributed by atoms with Crippen LogP contribution < -0.4 is 9.46 Å². The molecular formula is C19H14ClFN2O4S. The summed E-state index contributed by atoms with van der Waals surface area (Å²) in [5, 5.41) is 0.332. The Morgan fingerprint density at radius 3 is 2.43 bits per heavy atom. The van der Waals surface area contributed by atoms with Gasteiger partial charge in [0.25, 0.3) is 10.0 Å². The summed E-state index contributed by atoms with van der Waals surface area (Å²) in [5.74, 6) is -0.820. The van der Waals surface area contributed by atoms with Gasteiger partial charge in [-0.05, 0) is 31.2 Å². The Morgan fingerprint density at radius 1 is 1.11 bits per heavy atom. The number of sulfonamides is 1. The number of nitrogens with zero attached hydrogens (tertiary/aromatic N) is 1. The molecule has 1 heterocycles. The van der Waals surface area contributed by atoms with Gasteiger partial charge in [-0.2, -0.15) is 0 Å². The van der Waals surface area contributed by atoms with Crippen molar-refractivity contribution in [3.63, 3.8) is 0 Å². The maximum atomic E-state index is 14.3. The number of Topliss-reactive ketones (excluding diaryl/α,β-unsaturated/α-hetero) is 1. The van der Waals surface area contributed by atoms with Crippen molar-refractivity contribution in [1.82, 2.24) is 4.98 Å². The van der Waals surface area contributed by atoms with Crippen molar-refractivity contribution in [3.05, 3.63) is 77.3 Å². The number of anilines is 1. The van der Waals surface area contributed by atoms with E-state index in [0.29, 0.717) is 10.6 Å². The minimum absolute atomic E-state index is 0.0183. The fraction of sp³-hybridized carbons (Fsp3) is 0.0526. The van der Waals surface area contributed by atoms with Crippen LogP contribution in [0, 0.1) is 5.82 Å². The molecule has 1 aromatic heterocycles. The number of benzene rings is 2. The summed E-state index contributed by atoms with van der Waals surface area (Å²) in [6, 6.07) is 10.5. The van der Waals surface area contributed by atoms with E-state index in [0.717, 1.165) is 6.07 Å². The van der Waals surface area contributed by atoms with Crippen LogP contribution in [-0.4, -0.2) is 19.2 Å². The van der Waals surface area contributed by atoms with Crippen LogP contribution >= 0.6 is 11.6 Å². The first-order valence-corrected chi connectivity index (χ1v) is 9.82. The van der Waals surface area contributed by atoms with E-state index < -0.39 is 15.8 Å². The average Bonchev–Trinajstić information content (AvgIpc) is 2.64. The number of carbonyl (C=O) groups is 1. The molecule has 3 rings (SSSR count). The fourth-order valence-corrected chi connectivity index (χ4v) is 3.52. The Kier molecular flexibility index (Phi) is 5.62. The molecule has 0 aliphatic carbocycles. The number of halogens is 2. The lowest BCUT2D eigenvalue weighted by atomic mass is 10.2. The molecule has 0 saturated carbocycles. The Labute approximate surface area is 166 Å². The highest BCUT2D eigenvalue weighted by Gasteiger charge is 2.16. The zero-order chi connectivity index (χ0) is 20.3. The molecule has 1 N–H and O–H groups in total. The van der Waals surface area contributed by atoms with Gasteiger partial charge in [0.05, 0.1) is 21.8 Å². The predicted octanol–water partition coefficient (Wildman–Crippen LogP) is 4.67. The zero-order valence-electron chi connectivity index (χ0n) is 14.5. The van der Waals surface area contributed by atoms with Crippen molar-refractivity contribution in [3.8, 4) is 11.5 Å². The molecule has 144 valence electrons. The number of carbonyl (C=O) groups excluding carboxylic acids is 1. The Morgan fingerprint density at radius 2 is 1.82 bits per heavy atom. The first kappa shape index (κ1) is 19.8. The second-order valence-corrected chi connectivity index (χ2v) is 7.89. The molecule has 0 radical (unpaired) electrons. The van der Waals surface area contributed by atoms with Crippen LogP contribution in [-0.2, 0) is 10.0 Å². The third kappa shape index (κ3) is 4.65. The third-order valence-corrected chi connectivity index (χ3v) is 5.27. The molecule has 0 aliphatic rings. The van der Waals surface area contributed by atoms with Gasteiger partial charge in [-0.1, -0.05) is 23.7 Å². The number of ether oxygens (including phenoxy) is 1. The summed E-state index contributed by atoms with van der Waals surface area (Å²) in [4.78, 5) is 15.1. The monoisotopic (exact) mass is 420 g/mol. The molecule has 0 saturated heterocycles. The Bertz CT molecular complexity index is 1130. The van der Waals surface area contributed by atoms with E-state index >= 15 is 0 Å². The zero-order valence-corrected chi connectivity index (χ0v) is 16.1. The maximum absolute atomic E-state index is 14.3. The van der Waals surface area contributed by atoms with E-state index in [1.54, 1.807) is 0 Å². The quantitative estimate of drug-likeness (QED) is 0.586. The highest BCUT2D eigenvalue weighted by molar-refractivity contribution is 7.92. The molecule has 28 heavy (non-hydrogen) atoms. The molecule has 0 amide bonds. The first-order valence-electron chi connectivity index (χ1n) is 7.96. The highest BCUT2D eigenvalue weighted by Crippen LogP contribution is 2.28. The standard InChI is InChI=1S/C19H14ClFN2O4S/c1-12(24)13-2-5-17(6-3-13)28(25,26)23-15-4-7-19(18(21)9-15)27-16-8-14(20)10-22-11-16/h2-11,23H,1H3. The summed E-state index contributed by atoms with van der Waals surface area (Å²) in [7, 11) is -3.95. The van der Waals surface area contributed by atoms with Crippen LogP contribution in [0.3, 0.4) is 0 Å². The van der Waals surface area contributed by atoms with Crippen LogP contribution in [0.4, 0.5) is 10.1 Å². The second-order valence-electron chi connectivity index (χ2n) is 5.77. The van der Waals surface area contributed by atoms with E-state index in [1.807, 2.05) is 0 Å². The van der Waals surface area contributed by atoms with E-state index in [9.17, 15) is 17.6 Å². The summed E-state index contributed by atoms with van der Waals surface area (Å²) < 4.78 is 46.8. The van der Waals surface area contributed by atoms with E-state index in [-0.39, 0.29) is 27.9 Å². The molecule has 0 spiro atoms. The lowest BCUT2D eigenvalue weighted by molar-refractivity contribution is 0.101. The summed E-state index contributed by atoms with van der Waals surface area (Å²) in [6.45, 7) is 1.38. The van der Waals surface area contributed by atoms with Gasteiger partial charge in [-0.25, -0.2) is 12.8 Å². The van der Waals surface area contributed by atoms with E-state index in [4.69, 9.17) is 16.3 Å². The smallest absolute Gasteiger partial charge is 0.261 e. The number of pyridine rings is 1. The molecule has 3 aromatic rings. The van der Waals surface area contributed by atoms with Gasteiger partial charge in [0.15, 0.2) is 17.3 Å². The van der Waals surface area contributed by atoms with Gasteiger partial charge in [-0.15, -0.1) is 0 Å². The second kappa shape index (κ2) is 7.95. The van der Waals surface area contributed by atoms with Crippen LogP contribution in [0.25, 0.3) is 0 Å². The van der Waals surface area contributed by atoms with Crippen molar-refractivity contribution >= 4 is 33.1 Å². The van der Waals surface area contributed by atoms with Gasteiger partial charge in [-0.3, -0.25) is 14.5 Å². The minimum Gasteiger partial charge on any atom is -0.453 e. The summed E-state index contributed by atoms with van der Waals surface area (Å²) in [5.41, 5.74) is 0.409. The number of hydrogen-bond acceptors (Lipinski definition) is 5. The average molecular weight is 421 g/mol. The molecule has 6 nitrogen and oxygen atoms in total. The molecular weight excluding hydrogens is 407 g/mol. The topological polar surface area (TPSA) is 85.4 Å². The molecule has 0 aliphatic heterocycles. The normalized spacial score (nSPS) is 11.1. The molecule has 9 heteroatoms. The molecule has 0 atom stereocenters. The number of rotatable bonds is 6. The van der Waals surface area contributed by atoms with Gasteiger partial charge in [0.1, 0.15) is 5.75 Å². The molecule has 0 fully saturated rings. The van der Waals surface area contributed by atoms with Gasteiger partial charge >= 0.3 is 0 Å². The Hall–Kier alpha value is -2.97. The lowest BCUT2D eigenvalue weighted by Gasteiger charge is -2.11. The van der Waals surface area contributed by atoms with E-state index in [1.165, 1.54) is 61.8 Å². The maximum Gasteiger partial charge on any atom is 0.261 e.